The number of pyridine rings is 1. The Bertz CT molecular complexity index is 999. The van der Waals surface area contributed by atoms with E-state index in [0.29, 0.717) is 34.8 Å². The topological polar surface area (TPSA) is 115 Å². The Hall–Kier alpha value is -2.94. The molecular formula is C22H28N6O3. The number of hydrogen-bond donors (Lipinski definition) is 3. The van der Waals surface area contributed by atoms with Crippen LogP contribution in [0.2, 0.25) is 0 Å². The number of aromatic nitrogens is 3. The SMILES string of the molecule is Cc1cc(Nc2cc(NC3CCOCC3)ncn2)[n+]([O-])c2c1C(=O)NC21CCCCC1. The van der Waals surface area contributed by atoms with Gasteiger partial charge in [0.2, 0.25) is 5.82 Å². The Balaban J connectivity index is 1.44. The van der Waals surface area contributed by atoms with Crippen molar-refractivity contribution < 1.29 is 14.3 Å². The molecule has 1 amide bonds. The standard InChI is InChI=1S/C22H28N6O3/c1-14-11-18(26-17-12-16(23-13-24-17)25-15-5-9-31-10-6-15)28(30)20-19(14)21(29)27-22(20)7-3-2-4-8-22/h11-13,15H,2-10H2,1H3,(H,27,29)(H2,23,24,25,26). The van der Waals surface area contributed by atoms with Gasteiger partial charge in [0.25, 0.3) is 11.7 Å². The third kappa shape index (κ3) is 3.67. The Kier molecular flexibility index (Phi) is 5.13. The number of aryl methyl sites for hydroxylation is 1. The first-order valence-electron chi connectivity index (χ1n) is 11.1. The summed E-state index contributed by atoms with van der Waals surface area (Å²) < 4.78 is 6.29. The van der Waals surface area contributed by atoms with Crippen LogP contribution in [0.4, 0.5) is 17.5 Å². The number of hydrogen-bond acceptors (Lipinski definition) is 7. The van der Waals surface area contributed by atoms with Crippen molar-refractivity contribution in [3.8, 4) is 0 Å². The highest BCUT2D eigenvalue weighted by Gasteiger charge is 2.48. The summed E-state index contributed by atoms with van der Waals surface area (Å²) in [4.78, 5) is 21.3. The third-order valence-electron chi connectivity index (χ3n) is 6.64. The van der Waals surface area contributed by atoms with Crippen molar-refractivity contribution in [2.24, 2.45) is 0 Å². The van der Waals surface area contributed by atoms with E-state index in [1.165, 1.54) is 6.33 Å². The van der Waals surface area contributed by atoms with Gasteiger partial charge in [0.05, 0.1) is 5.56 Å². The number of fused-ring (bicyclic) bond motifs is 2. The number of carbonyl (C=O) groups excluding carboxylic acids is 1. The molecule has 2 aromatic rings. The minimum atomic E-state index is -0.559. The van der Waals surface area contributed by atoms with Crippen molar-refractivity contribution >= 4 is 23.4 Å². The third-order valence-corrected chi connectivity index (χ3v) is 6.64. The van der Waals surface area contributed by atoms with Crippen LogP contribution >= 0.6 is 0 Å². The highest BCUT2D eigenvalue weighted by Crippen LogP contribution is 2.42. The van der Waals surface area contributed by atoms with Gasteiger partial charge in [-0.2, -0.15) is 4.98 Å². The number of nitrogens with one attached hydrogen (secondary N) is 3. The van der Waals surface area contributed by atoms with Crippen LogP contribution in [0.25, 0.3) is 0 Å². The fourth-order valence-corrected chi connectivity index (χ4v) is 5.09. The van der Waals surface area contributed by atoms with Gasteiger partial charge in [0.15, 0.2) is 0 Å². The normalized spacial score (nSPS) is 20.4. The molecule has 2 aliphatic heterocycles. The van der Waals surface area contributed by atoms with Crippen LogP contribution in [0.5, 0.6) is 0 Å². The average Bonchev–Trinajstić information content (AvgIpc) is 3.05. The van der Waals surface area contributed by atoms with Gasteiger partial charge in [0.1, 0.15) is 23.4 Å². The van der Waals surface area contributed by atoms with Gasteiger partial charge >= 0.3 is 0 Å². The number of anilines is 3. The van der Waals surface area contributed by atoms with E-state index >= 15 is 0 Å². The summed E-state index contributed by atoms with van der Waals surface area (Å²) in [6, 6.07) is 3.84. The Labute approximate surface area is 181 Å². The van der Waals surface area contributed by atoms with Gasteiger partial charge in [-0.25, -0.2) is 15.0 Å². The van der Waals surface area contributed by atoms with E-state index in [-0.39, 0.29) is 5.91 Å². The minimum Gasteiger partial charge on any atom is -0.710 e. The monoisotopic (exact) mass is 424 g/mol. The second-order valence-electron chi connectivity index (χ2n) is 8.77. The number of ether oxygens (including phenoxy) is 1. The molecule has 0 unspecified atom stereocenters. The molecule has 0 bridgehead atoms. The first-order chi connectivity index (χ1) is 15.1. The highest BCUT2D eigenvalue weighted by atomic mass is 16.5. The zero-order valence-corrected chi connectivity index (χ0v) is 17.7. The number of carbonyl (C=O) groups is 1. The van der Waals surface area contributed by atoms with Crippen molar-refractivity contribution in [3.05, 3.63) is 40.5 Å². The van der Waals surface area contributed by atoms with Crippen LogP contribution in [0.3, 0.4) is 0 Å². The first-order valence-corrected chi connectivity index (χ1v) is 11.1. The maximum atomic E-state index is 13.4. The zero-order chi connectivity index (χ0) is 21.4. The van der Waals surface area contributed by atoms with E-state index in [2.05, 4.69) is 25.9 Å². The molecule has 0 radical (unpaired) electrons. The van der Waals surface area contributed by atoms with Crippen molar-refractivity contribution in [1.29, 1.82) is 0 Å². The van der Waals surface area contributed by atoms with E-state index in [0.717, 1.165) is 68.5 Å². The fraction of sp³-hybridized carbons (Fsp3) is 0.545. The van der Waals surface area contributed by atoms with Crippen LogP contribution < -0.4 is 20.7 Å². The Morgan fingerprint density at radius 3 is 2.68 bits per heavy atom. The summed E-state index contributed by atoms with van der Waals surface area (Å²) in [5.41, 5.74) is 1.30. The van der Waals surface area contributed by atoms with Gasteiger partial charge in [-0.1, -0.05) is 19.3 Å². The number of nitrogens with zero attached hydrogens (tertiary/aromatic N) is 3. The fourth-order valence-electron chi connectivity index (χ4n) is 5.09. The van der Waals surface area contributed by atoms with E-state index in [9.17, 15) is 10.0 Å². The molecule has 2 aromatic heterocycles. The van der Waals surface area contributed by atoms with Crippen LogP contribution in [0.1, 0.15) is 66.6 Å². The molecule has 5 rings (SSSR count). The molecule has 3 aliphatic rings. The van der Waals surface area contributed by atoms with Crippen molar-refractivity contribution in [3.63, 3.8) is 0 Å². The zero-order valence-electron chi connectivity index (χ0n) is 17.7. The van der Waals surface area contributed by atoms with E-state index in [4.69, 9.17) is 4.74 Å². The molecule has 1 saturated carbocycles. The number of amides is 1. The summed E-state index contributed by atoms with van der Waals surface area (Å²) in [6.45, 7) is 3.36. The lowest BCUT2D eigenvalue weighted by Crippen LogP contribution is -2.49. The maximum absolute atomic E-state index is 13.4. The smallest absolute Gasteiger partial charge is 0.284 e. The van der Waals surface area contributed by atoms with E-state index < -0.39 is 5.54 Å². The van der Waals surface area contributed by atoms with Crippen LogP contribution in [-0.4, -0.2) is 35.1 Å². The molecule has 0 aromatic carbocycles. The minimum absolute atomic E-state index is 0.143. The Morgan fingerprint density at radius 2 is 1.90 bits per heavy atom. The molecule has 4 heterocycles. The lowest BCUT2D eigenvalue weighted by Gasteiger charge is -2.34. The maximum Gasteiger partial charge on any atom is 0.284 e. The summed E-state index contributed by atoms with van der Waals surface area (Å²) in [5, 5.41) is 23.1. The molecule has 1 spiro atoms. The van der Waals surface area contributed by atoms with Gasteiger partial charge in [-0.15, -0.1) is 0 Å². The largest absolute Gasteiger partial charge is 0.710 e. The summed E-state index contributed by atoms with van der Waals surface area (Å²) in [7, 11) is 0. The molecule has 31 heavy (non-hydrogen) atoms. The lowest BCUT2D eigenvalue weighted by molar-refractivity contribution is -0.603. The summed E-state index contributed by atoms with van der Waals surface area (Å²) in [6.07, 6.45) is 8.07. The van der Waals surface area contributed by atoms with Crippen LogP contribution in [0, 0.1) is 12.1 Å². The molecule has 2 fully saturated rings. The lowest BCUT2D eigenvalue weighted by atomic mass is 9.79. The molecule has 1 aliphatic carbocycles. The molecular weight excluding hydrogens is 396 g/mol. The summed E-state index contributed by atoms with van der Waals surface area (Å²) in [5.74, 6) is 1.47. The molecule has 9 nitrogen and oxygen atoms in total. The molecule has 9 heteroatoms. The van der Waals surface area contributed by atoms with Crippen molar-refractivity contribution in [2.45, 2.75) is 63.5 Å². The van der Waals surface area contributed by atoms with Gasteiger partial charge < -0.3 is 20.6 Å². The molecule has 3 N–H and O–H groups in total. The van der Waals surface area contributed by atoms with Gasteiger partial charge in [-0.3, -0.25) is 4.79 Å². The van der Waals surface area contributed by atoms with Gasteiger partial charge in [0, 0.05) is 31.4 Å². The molecule has 0 atom stereocenters. The second kappa shape index (κ2) is 7.96. The van der Waals surface area contributed by atoms with Crippen molar-refractivity contribution in [2.75, 3.05) is 23.8 Å². The second-order valence-corrected chi connectivity index (χ2v) is 8.77. The predicted octanol–water partition coefficient (Wildman–Crippen LogP) is 2.66. The summed E-state index contributed by atoms with van der Waals surface area (Å²) >= 11 is 0. The molecule has 1 saturated heterocycles. The predicted molar refractivity (Wildman–Crippen MR) is 115 cm³/mol. The van der Waals surface area contributed by atoms with Crippen LogP contribution in [0.15, 0.2) is 18.5 Å². The number of rotatable bonds is 4. The highest BCUT2D eigenvalue weighted by molar-refractivity contribution is 6.00. The van der Waals surface area contributed by atoms with E-state index in [1.54, 1.807) is 12.1 Å². The average molecular weight is 425 g/mol. The van der Waals surface area contributed by atoms with E-state index in [1.807, 2.05) is 6.92 Å². The van der Waals surface area contributed by atoms with Crippen molar-refractivity contribution in [1.82, 2.24) is 15.3 Å². The van der Waals surface area contributed by atoms with Crippen LogP contribution in [-0.2, 0) is 10.3 Å². The Morgan fingerprint density at radius 1 is 1.16 bits per heavy atom. The van der Waals surface area contributed by atoms with Gasteiger partial charge in [-0.05, 0) is 38.2 Å². The first kappa shape index (κ1) is 20.0. The molecule has 164 valence electrons. The quantitative estimate of drug-likeness (QED) is 0.510.